The van der Waals surface area contributed by atoms with Crippen molar-refractivity contribution in [2.45, 2.75) is 0 Å². The Kier molecular flexibility index (Phi) is 6.07. The van der Waals surface area contributed by atoms with Crippen molar-refractivity contribution in [2.24, 2.45) is 7.05 Å². The molecule has 0 unspecified atom stereocenters. The summed E-state index contributed by atoms with van der Waals surface area (Å²) in [7, 11) is -1.08. The number of hydrogen-bond donors (Lipinski definition) is 1. The summed E-state index contributed by atoms with van der Waals surface area (Å²) in [6, 6.07) is 8.08. The molecule has 0 saturated carbocycles. The quantitative estimate of drug-likeness (QED) is 0.594. The number of aromatic nitrogens is 2. The third-order valence-corrected chi connectivity index (χ3v) is 5.06. The van der Waals surface area contributed by atoms with Gasteiger partial charge in [0.1, 0.15) is 17.3 Å². The molecule has 0 atom stereocenters. The van der Waals surface area contributed by atoms with E-state index in [9.17, 15) is 22.0 Å². The van der Waals surface area contributed by atoms with Crippen molar-refractivity contribution in [1.29, 1.82) is 0 Å². The van der Waals surface area contributed by atoms with Crippen molar-refractivity contribution in [3.63, 3.8) is 0 Å². The number of aryl methyl sites for hydroxylation is 1. The van der Waals surface area contributed by atoms with E-state index in [0.29, 0.717) is 6.07 Å². The largest absolute Gasteiger partial charge is 0.494 e. The fourth-order valence-corrected chi connectivity index (χ4v) is 3.15. The van der Waals surface area contributed by atoms with Crippen LogP contribution in [-0.2, 0) is 17.1 Å². The number of nitrogens with one attached hydrogen (secondary N) is 1. The van der Waals surface area contributed by atoms with Gasteiger partial charge in [-0.3, -0.25) is 9.52 Å². The van der Waals surface area contributed by atoms with Crippen LogP contribution in [0.3, 0.4) is 0 Å². The second-order valence-electron chi connectivity index (χ2n) is 6.22. The Morgan fingerprint density at radius 3 is 2.45 bits per heavy atom. The zero-order chi connectivity index (χ0) is 22.8. The molecule has 0 fully saturated rings. The standard InChI is InChI=1S/C20H17F2N3O5S/c1-4-31(27,28)24-13-6-8-16(30-17-7-5-12(21)9-15(17)22)14(10-13)20-18(29-3)11-19(26)25(2)23-20/h4-11,24H,1H2,2-3H3. The Balaban J connectivity index is 2.20. The maximum absolute atomic E-state index is 14.1. The molecule has 3 aromatic rings. The normalized spacial score (nSPS) is 11.1. The molecule has 31 heavy (non-hydrogen) atoms. The van der Waals surface area contributed by atoms with Crippen LogP contribution in [0.5, 0.6) is 17.2 Å². The van der Waals surface area contributed by atoms with Gasteiger partial charge in [-0.05, 0) is 30.3 Å². The highest BCUT2D eigenvalue weighted by Gasteiger charge is 2.19. The van der Waals surface area contributed by atoms with Crippen LogP contribution in [0.1, 0.15) is 0 Å². The highest BCUT2D eigenvalue weighted by Crippen LogP contribution is 2.39. The second-order valence-corrected chi connectivity index (χ2v) is 7.85. The first-order valence-corrected chi connectivity index (χ1v) is 10.2. The summed E-state index contributed by atoms with van der Waals surface area (Å²) in [5.41, 5.74) is -0.0158. The minimum Gasteiger partial charge on any atom is -0.494 e. The molecule has 2 aromatic carbocycles. The number of halogens is 2. The zero-order valence-electron chi connectivity index (χ0n) is 16.4. The number of benzene rings is 2. The average Bonchev–Trinajstić information content (AvgIpc) is 2.72. The topological polar surface area (TPSA) is 99.5 Å². The van der Waals surface area contributed by atoms with Crippen molar-refractivity contribution < 1.29 is 26.7 Å². The van der Waals surface area contributed by atoms with Gasteiger partial charge in [0, 0.05) is 30.3 Å². The number of ether oxygens (including phenoxy) is 2. The minimum absolute atomic E-state index is 0.0523. The molecule has 0 amide bonds. The van der Waals surface area contributed by atoms with E-state index >= 15 is 0 Å². The molecule has 1 N–H and O–H groups in total. The van der Waals surface area contributed by atoms with Crippen LogP contribution < -0.4 is 19.8 Å². The van der Waals surface area contributed by atoms with Gasteiger partial charge in [0.25, 0.3) is 15.6 Å². The van der Waals surface area contributed by atoms with E-state index in [1.54, 1.807) is 0 Å². The summed E-state index contributed by atoms with van der Waals surface area (Å²) >= 11 is 0. The molecule has 0 radical (unpaired) electrons. The molecule has 1 heterocycles. The van der Waals surface area contributed by atoms with E-state index in [4.69, 9.17) is 9.47 Å². The van der Waals surface area contributed by atoms with Gasteiger partial charge in [-0.1, -0.05) is 6.58 Å². The van der Waals surface area contributed by atoms with Crippen molar-refractivity contribution in [2.75, 3.05) is 11.8 Å². The lowest BCUT2D eigenvalue weighted by Crippen LogP contribution is -2.19. The summed E-state index contributed by atoms with van der Waals surface area (Å²) in [6.07, 6.45) is 0. The number of anilines is 1. The van der Waals surface area contributed by atoms with Crippen LogP contribution in [0.2, 0.25) is 0 Å². The third kappa shape index (κ3) is 4.89. The van der Waals surface area contributed by atoms with Gasteiger partial charge in [-0.15, -0.1) is 0 Å². The van der Waals surface area contributed by atoms with Crippen molar-refractivity contribution in [3.8, 4) is 28.5 Å². The fraction of sp³-hybridized carbons (Fsp3) is 0.100. The summed E-state index contributed by atoms with van der Waals surface area (Å²) in [5.74, 6) is -1.86. The molecular formula is C20H17F2N3O5S. The number of methoxy groups -OCH3 is 1. The number of sulfonamides is 1. The summed E-state index contributed by atoms with van der Waals surface area (Å²) in [6.45, 7) is 3.23. The molecule has 0 spiro atoms. The molecule has 0 saturated heterocycles. The van der Waals surface area contributed by atoms with E-state index in [1.165, 1.54) is 38.4 Å². The first-order chi connectivity index (χ1) is 14.6. The van der Waals surface area contributed by atoms with Crippen molar-refractivity contribution >= 4 is 15.7 Å². The molecule has 0 bridgehead atoms. The van der Waals surface area contributed by atoms with Crippen LogP contribution in [-0.4, -0.2) is 25.3 Å². The van der Waals surface area contributed by atoms with Gasteiger partial charge in [-0.25, -0.2) is 21.9 Å². The first-order valence-electron chi connectivity index (χ1n) is 8.68. The summed E-state index contributed by atoms with van der Waals surface area (Å²) in [4.78, 5) is 11.9. The number of nitrogens with zero attached hydrogens (tertiary/aromatic N) is 2. The minimum atomic E-state index is -3.82. The Bertz CT molecular complexity index is 1320. The maximum Gasteiger partial charge on any atom is 0.270 e. The highest BCUT2D eigenvalue weighted by molar-refractivity contribution is 7.95. The predicted octanol–water partition coefficient (Wildman–Crippen LogP) is 3.41. The Morgan fingerprint density at radius 2 is 1.81 bits per heavy atom. The second kappa shape index (κ2) is 8.56. The average molecular weight is 449 g/mol. The molecule has 11 heteroatoms. The predicted molar refractivity (Wildman–Crippen MR) is 111 cm³/mol. The third-order valence-electron chi connectivity index (χ3n) is 4.10. The van der Waals surface area contributed by atoms with Crippen molar-refractivity contribution in [1.82, 2.24) is 9.78 Å². The smallest absolute Gasteiger partial charge is 0.270 e. The Morgan fingerprint density at radius 1 is 1.10 bits per heavy atom. The summed E-state index contributed by atoms with van der Waals surface area (Å²) in [5, 5.41) is 4.89. The highest BCUT2D eigenvalue weighted by atomic mass is 32.2. The SMILES string of the molecule is C=CS(=O)(=O)Nc1ccc(Oc2ccc(F)cc2F)c(-c2nn(C)c(=O)cc2OC)c1. The van der Waals surface area contributed by atoms with E-state index in [2.05, 4.69) is 16.4 Å². The van der Waals surface area contributed by atoms with Gasteiger partial charge < -0.3 is 9.47 Å². The lowest BCUT2D eigenvalue weighted by atomic mass is 10.1. The fourth-order valence-electron chi connectivity index (χ4n) is 2.61. The number of rotatable bonds is 7. The lowest BCUT2D eigenvalue weighted by molar-refractivity contribution is 0.409. The monoisotopic (exact) mass is 449 g/mol. The van der Waals surface area contributed by atoms with Crippen LogP contribution >= 0.6 is 0 Å². The molecule has 1 aromatic heterocycles. The van der Waals surface area contributed by atoms with E-state index < -0.39 is 27.2 Å². The van der Waals surface area contributed by atoms with Gasteiger partial charge in [-0.2, -0.15) is 5.10 Å². The van der Waals surface area contributed by atoms with Gasteiger partial charge in [0.2, 0.25) is 0 Å². The lowest BCUT2D eigenvalue weighted by Gasteiger charge is -2.16. The van der Waals surface area contributed by atoms with Gasteiger partial charge in [0.05, 0.1) is 12.7 Å². The van der Waals surface area contributed by atoms with E-state index in [1.807, 2.05) is 0 Å². The molecule has 0 aliphatic heterocycles. The van der Waals surface area contributed by atoms with Crippen LogP contribution in [0.4, 0.5) is 14.5 Å². The van der Waals surface area contributed by atoms with Gasteiger partial charge in [0.15, 0.2) is 17.3 Å². The van der Waals surface area contributed by atoms with E-state index in [0.717, 1.165) is 22.2 Å². The van der Waals surface area contributed by atoms with Crippen molar-refractivity contribution in [3.05, 3.63) is 76.4 Å². The molecule has 0 aliphatic carbocycles. The van der Waals surface area contributed by atoms with Gasteiger partial charge >= 0.3 is 0 Å². The molecule has 0 aliphatic rings. The Labute approximate surface area is 176 Å². The van der Waals surface area contributed by atoms with Crippen LogP contribution in [0.15, 0.2) is 59.2 Å². The molecule has 3 rings (SSSR count). The molecule has 162 valence electrons. The molecular weight excluding hydrogens is 432 g/mol. The van der Waals surface area contributed by atoms with Crippen LogP contribution in [0, 0.1) is 11.6 Å². The maximum atomic E-state index is 14.1. The Hall–Kier alpha value is -3.73. The number of hydrogen-bond acceptors (Lipinski definition) is 6. The first kappa shape index (κ1) is 22.0. The molecule has 8 nitrogen and oxygen atoms in total. The summed E-state index contributed by atoms with van der Waals surface area (Å²) < 4.78 is 65.2. The van der Waals surface area contributed by atoms with E-state index in [-0.39, 0.29) is 34.2 Å². The zero-order valence-corrected chi connectivity index (χ0v) is 17.2. The van der Waals surface area contributed by atoms with Crippen LogP contribution in [0.25, 0.3) is 11.3 Å².